The minimum Gasteiger partial charge on any atom is -0.388 e. The summed E-state index contributed by atoms with van der Waals surface area (Å²) < 4.78 is 0.804. The van der Waals surface area contributed by atoms with Crippen LogP contribution in [0.5, 0.6) is 0 Å². The van der Waals surface area contributed by atoms with E-state index >= 15 is 0 Å². The van der Waals surface area contributed by atoms with E-state index in [1.54, 1.807) is 13.2 Å². The topological polar surface area (TPSA) is 70.1 Å². The molecule has 17 heavy (non-hydrogen) atoms. The van der Waals surface area contributed by atoms with Gasteiger partial charge in [-0.05, 0) is 28.8 Å². The van der Waals surface area contributed by atoms with Gasteiger partial charge in [-0.25, -0.2) is 4.98 Å². The molecule has 0 atom stereocenters. The fourth-order valence-corrected chi connectivity index (χ4v) is 2.40. The van der Waals surface area contributed by atoms with Crippen molar-refractivity contribution >= 4 is 27.7 Å². The van der Waals surface area contributed by atoms with Gasteiger partial charge in [0, 0.05) is 19.8 Å². The Labute approximate surface area is 109 Å². The zero-order valence-electron chi connectivity index (χ0n) is 9.83. The molecule has 0 amide bonds. The van der Waals surface area contributed by atoms with Crippen LogP contribution >= 0.6 is 15.9 Å². The molecule has 0 aliphatic heterocycles. The highest BCUT2D eigenvalue weighted by atomic mass is 79.9. The number of anilines is 2. The molecule has 2 rings (SSSR count). The number of hydrogen-bond acceptors (Lipinski definition) is 5. The molecule has 94 valence electrons. The molecule has 1 saturated carbocycles. The standard InChI is InChI=1S/C11H17BrN4O/c1-13-10-14-6-8(12)9(16-10)15-7-11(17)4-2-3-5-11/h6,17H,2-5,7H2,1H3,(H2,13,14,15,16). The zero-order valence-corrected chi connectivity index (χ0v) is 11.4. The van der Waals surface area contributed by atoms with Gasteiger partial charge in [0.2, 0.25) is 5.95 Å². The second kappa shape index (κ2) is 5.18. The predicted molar refractivity (Wildman–Crippen MR) is 71.2 cm³/mol. The van der Waals surface area contributed by atoms with Crippen LogP contribution in [0.1, 0.15) is 25.7 Å². The molecule has 1 fully saturated rings. The second-order valence-electron chi connectivity index (χ2n) is 4.43. The summed E-state index contributed by atoms with van der Waals surface area (Å²) in [5, 5.41) is 16.3. The number of rotatable bonds is 4. The highest BCUT2D eigenvalue weighted by Crippen LogP contribution is 2.30. The maximum Gasteiger partial charge on any atom is 0.224 e. The first kappa shape index (κ1) is 12.6. The fourth-order valence-electron chi connectivity index (χ4n) is 2.07. The Bertz CT molecular complexity index is 393. The molecule has 3 N–H and O–H groups in total. The number of aliphatic hydroxyl groups is 1. The van der Waals surface area contributed by atoms with Crippen LogP contribution in [0.4, 0.5) is 11.8 Å². The first-order chi connectivity index (χ1) is 8.13. The van der Waals surface area contributed by atoms with E-state index in [2.05, 4.69) is 36.5 Å². The molecule has 1 aliphatic carbocycles. The summed E-state index contributed by atoms with van der Waals surface area (Å²) >= 11 is 3.39. The van der Waals surface area contributed by atoms with Crippen LogP contribution in [0, 0.1) is 0 Å². The van der Waals surface area contributed by atoms with E-state index in [-0.39, 0.29) is 0 Å². The minimum atomic E-state index is -0.579. The number of nitrogens with one attached hydrogen (secondary N) is 2. The summed E-state index contributed by atoms with van der Waals surface area (Å²) in [6, 6.07) is 0. The number of halogens is 1. The first-order valence-corrected chi connectivity index (χ1v) is 6.59. The molecule has 1 aromatic rings. The molecular formula is C11H17BrN4O. The lowest BCUT2D eigenvalue weighted by atomic mass is 10.0. The third-order valence-corrected chi connectivity index (χ3v) is 3.67. The summed E-state index contributed by atoms with van der Waals surface area (Å²) in [6.07, 6.45) is 5.62. The van der Waals surface area contributed by atoms with Crippen molar-refractivity contribution in [3.63, 3.8) is 0 Å². The molecule has 0 bridgehead atoms. The largest absolute Gasteiger partial charge is 0.388 e. The Morgan fingerprint density at radius 3 is 2.82 bits per heavy atom. The van der Waals surface area contributed by atoms with Crippen molar-refractivity contribution in [1.29, 1.82) is 0 Å². The van der Waals surface area contributed by atoms with E-state index in [1.807, 2.05) is 0 Å². The Morgan fingerprint density at radius 2 is 2.18 bits per heavy atom. The Hall–Kier alpha value is -0.880. The van der Waals surface area contributed by atoms with Gasteiger partial charge in [0.1, 0.15) is 5.82 Å². The lowest BCUT2D eigenvalue weighted by molar-refractivity contribution is 0.0614. The molecule has 0 radical (unpaired) electrons. The monoisotopic (exact) mass is 300 g/mol. The molecule has 1 heterocycles. The highest BCUT2D eigenvalue weighted by molar-refractivity contribution is 9.10. The average molecular weight is 301 g/mol. The first-order valence-electron chi connectivity index (χ1n) is 5.79. The van der Waals surface area contributed by atoms with Crippen molar-refractivity contribution < 1.29 is 5.11 Å². The van der Waals surface area contributed by atoms with E-state index in [1.165, 1.54) is 0 Å². The fraction of sp³-hybridized carbons (Fsp3) is 0.636. The molecule has 1 aliphatic rings. The summed E-state index contributed by atoms with van der Waals surface area (Å²) in [6.45, 7) is 0.533. The van der Waals surface area contributed by atoms with Gasteiger partial charge in [0.15, 0.2) is 0 Å². The van der Waals surface area contributed by atoms with Crippen LogP contribution in [0.2, 0.25) is 0 Å². The quantitative estimate of drug-likeness (QED) is 0.793. The third-order valence-electron chi connectivity index (χ3n) is 3.09. The molecule has 5 nitrogen and oxygen atoms in total. The van der Waals surface area contributed by atoms with Crippen molar-refractivity contribution in [1.82, 2.24) is 9.97 Å². The Morgan fingerprint density at radius 1 is 1.47 bits per heavy atom. The van der Waals surface area contributed by atoms with Gasteiger partial charge in [-0.1, -0.05) is 12.8 Å². The van der Waals surface area contributed by atoms with Crippen LogP contribution < -0.4 is 10.6 Å². The summed E-state index contributed by atoms with van der Waals surface area (Å²) in [5.41, 5.74) is -0.579. The Balaban J connectivity index is 2.02. The maximum atomic E-state index is 10.2. The SMILES string of the molecule is CNc1ncc(Br)c(NCC2(O)CCCC2)n1. The average Bonchev–Trinajstić information content (AvgIpc) is 2.76. The van der Waals surface area contributed by atoms with Crippen molar-refractivity contribution in [2.45, 2.75) is 31.3 Å². The zero-order chi connectivity index (χ0) is 12.3. The van der Waals surface area contributed by atoms with Gasteiger partial charge in [-0.3, -0.25) is 0 Å². The highest BCUT2D eigenvalue weighted by Gasteiger charge is 2.30. The molecule has 0 spiro atoms. The molecule has 0 aromatic carbocycles. The van der Waals surface area contributed by atoms with E-state index in [4.69, 9.17) is 0 Å². The summed E-state index contributed by atoms with van der Waals surface area (Å²) in [4.78, 5) is 8.37. The van der Waals surface area contributed by atoms with Gasteiger partial charge in [0.25, 0.3) is 0 Å². The van der Waals surface area contributed by atoms with Gasteiger partial charge in [-0.15, -0.1) is 0 Å². The number of hydrogen-bond donors (Lipinski definition) is 3. The van der Waals surface area contributed by atoms with E-state index in [0.29, 0.717) is 18.3 Å². The van der Waals surface area contributed by atoms with Crippen molar-refractivity contribution in [3.05, 3.63) is 10.7 Å². The van der Waals surface area contributed by atoms with Crippen molar-refractivity contribution in [2.75, 3.05) is 24.2 Å². The maximum absolute atomic E-state index is 10.2. The molecule has 0 saturated heterocycles. The van der Waals surface area contributed by atoms with Crippen molar-refractivity contribution in [3.8, 4) is 0 Å². The van der Waals surface area contributed by atoms with E-state index in [0.717, 1.165) is 30.2 Å². The van der Waals surface area contributed by atoms with Gasteiger partial charge in [0.05, 0.1) is 10.1 Å². The molecule has 0 unspecified atom stereocenters. The normalized spacial score (nSPS) is 18.1. The minimum absolute atomic E-state index is 0.533. The lowest BCUT2D eigenvalue weighted by Gasteiger charge is -2.23. The third kappa shape index (κ3) is 3.07. The lowest BCUT2D eigenvalue weighted by Crippen LogP contribution is -2.33. The molecule has 6 heteroatoms. The van der Waals surface area contributed by atoms with Crippen LogP contribution in [0.3, 0.4) is 0 Å². The summed E-state index contributed by atoms with van der Waals surface area (Å²) in [5.74, 6) is 1.28. The molecule has 1 aromatic heterocycles. The van der Waals surface area contributed by atoms with Crippen molar-refractivity contribution in [2.24, 2.45) is 0 Å². The summed E-state index contributed by atoms with van der Waals surface area (Å²) in [7, 11) is 1.78. The number of nitrogens with zero attached hydrogens (tertiary/aromatic N) is 2. The van der Waals surface area contributed by atoms with Crippen LogP contribution in [0.25, 0.3) is 0 Å². The smallest absolute Gasteiger partial charge is 0.224 e. The second-order valence-corrected chi connectivity index (χ2v) is 5.28. The van der Waals surface area contributed by atoms with E-state index < -0.39 is 5.60 Å². The van der Waals surface area contributed by atoms with Gasteiger partial charge >= 0.3 is 0 Å². The van der Waals surface area contributed by atoms with E-state index in [9.17, 15) is 5.11 Å². The van der Waals surface area contributed by atoms with Gasteiger partial charge in [-0.2, -0.15) is 4.98 Å². The number of aromatic nitrogens is 2. The molecular weight excluding hydrogens is 284 g/mol. The van der Waals surface area contributed by atoms with Crippen LogP contribution in [0.15, 0.2) is 10.7 Å². The predicted octanol–water partition coefficient (Wildman–Crippen LogP) is 2.00. The van der Waals surface area contributed by atoms with Gasteiger partial charge < -0.3 is 15.7 Å². The van der Waals surface area contributed by atoms with Crippen LogP contribution in [-0.2, 0) is 0 Å². The van der Waals surface area contributed by atoms with Crippen LogP contribution in [-0.4, -0.2) is 34.3 Å². The Kier molecular flexibility index (Phi) is 3.83.